The second-order valence-corrected chi connectivity index (χ2v) is 5.82. The number of aromatic amines is 1. The lowest BCUT2D eigenvalue weighted by Crippen LogP contribution is -2.34. The van der Waals surface area contributed by atoms with Crippen molar-refractivity contribution in [2.24, 2.45) is 0 Å². The normalized spacial score (nSPS) is 32.0. The van der Waals surface area contributed by atoms with Crippen LogP contribution in [0.4, 0.5) is 0 Å². The van der Waals surface area contributed by atoms with E-state index in [9.17, 15) is 4.79 Å². The van der Waals surface area contributed by atoms with E-state index in [1.165, 1.54) is 37.8 Å². The molecule has 92 valence electrons. The molecule has 17 heavy (non-hydrogen) atoms. The molecule has 0 amide bonds. The van der Waals surface area contributed by atoms with Gasteiger partial charge in [-0.2, -0.15) is 0 Å². The van der Waals surface area contributed by atoms with Crippen LogP contribution < -0.4 is 10.9 Å². The van der Waals surface area contributed by atoms with E-state index >= 15 is 0 Å². The second kappa shape index (κ2) is 3.48. The topological polar surface area (TPSA) is 49.8 Å². The Morgan fingerprint density at radius 1 is 1.12 bits per heavy atom. The molecule has 2 fully saturated rings. The predicted octanol–water partition coefficient (Wildman–Crippen LogP) is 1.64. The fourth-order valence-corrected chi connectivity index (χ4v) is 3.90. The molecule has 2 N–H and O–H groups in total. The maximum Gasteiger partial charge on any atom is 0.271 e. The third kappa shape index (κ3) is 1.36. The Hall–Kier alpha value is -1.03. The predicted molar refractivity (Wildman–Crippen MR) is 65.2 cm³/mol. The number of aromatic nitrogens is 2. The average Bonchev–Trinajstić information content (AvgIpc) is 3.00. The molecule has 0 aromatic carbocycles. The largest absolute Gasteiger partial charge is 0.307 e. The van der Waals surface area contributed by atoms with Gasteiger partial charge in [-0.05, 0) is 25.7 Å². The Kier molecular flexibility index (Phi) is 2.04. The lowest BCUT2D eigenvalue weighted by atomic mass is 10.0. The maximum atomic E-state index is 12.5. The van der Waals surface area contributed by atoms with Crippen LogP contribution in [0, 0.1) is 0 Å². The first-order valence-corrected chi connectivity index (χ1v) is 6.92. The summed E-state index contributed by atoms with van der Waals surface area (Å²) in [7, 11) is 0. The molecule has 3 aliphatic rings. The molecule has 1 saturated heterocycles. The standard InChI is InChI=1S/C13H19N3O/c17-13-12-10-6-5-8(14-10)7-11(12)15-16(13)9-3-1-2-4-9/h8-10,14-15H,1-7H2. The van der Waals surface area contributed by atoms with Crippen molar-refractivity contribution in [1.29, 1.82) is 0 Å². The minimum Gasteiger partial charge on any atom is -0.307 e. The summed E-state index contributed by atoms with van der Waals surface area (Å²) in [5.74, 6) is 0. The first-order valence-electron chi connectivity index (χ1n) is 6.92. The second-order valence-electron chi connectivity index (χ2n) is 5.82. The van der Waals surface area contributed by atoms with Gasteiger partial charge in [0.25, 0.3) is 5.56 Å². The first kappa shape index (κ1) is 9.95. The summed E-state index contributed by atoms with van der Waals surface area (Å²) in [6.45, 7) is 0. The third-order valence-electron chi connectivity index (χ3n) is 4.76. The zero-order chi connectivity index (χ0) is 11.4. The van der Waals surface area contributed by atoms with Gasteiger partial charge < -0.3 is 5.32 Å². The van der Waals surface area contributed by atoms with Gasteiger partial charge in [-0.15, -0.1) is 0 Å². The number of rotatable bonds is 1. The Morgan fingerprint density at radius 2 is 1.94 bits per heavy atom. The zero-order valence-corrected chi connectivity index (χ0v) is 10.0. The number of fused-ring (bicyclic) bond motifs is 4. The van der Waals surface area contributed by atoms with Crippen LogP contribution in [-0.2, 0) is 6.42 Å². The van der Waals surface area contributed by atoms with E-state index in [1.54, 1.807) is 0 Å². The summed E-state index contributed by atoms with van der Waals surface area (Å²) in [5, 5.41) is 6.97. The van der Waals surface area contributed by atoms with E-state index in [2.05, 4.69) is 10.4 Å². The van der Waals surface area contributed by atoms with E-state index in [0.29, 0.717) is 18.1 Å². The molecule has 0 radical (unpaired) electrons. The highest BCUT2D eigenvalue weighted by Gasteiger charge is 2.37. The van der Waals surface area contributed by atoms with E-state index in [0.717, 1.165) is 18.4 Å². The summed E-state index contributed by atoms with van der Waals surface area (Å²) >= 11 is 0. The summed E-state index contributed by atoms with van der Waals surface area (Å²) in [6, 6.07) is 1.37. The quantitative estimate of drug-likeness (QED) is 0.774. The summed E-state index contributed by atoms with van der Waals surface area (Å²) in [4.78, 5) is 12.5. The molecule has 2 aliphatic heterocycles. The fourth-order valence-electron chi connectivity index (χ4n) is 3.90. The number of H-pyrrole nitrogens is 1. The van der Waals surface area contributed by atoms with Crippen molar-refractivity contribution >= 4 is 0 Å². The Balaban J connectivity index is 1.79. The van der Waals surface area contributed by atoms with Crippen molar-refractivity contribution in [2.75, 3.05) is 0 Å². The highest BCUT2D eigenvalue weighted by molar-refractivity contribution is 5.28. The molecule has 2 unspecified atom stereocenters. The molecule has 0 spiro atoms. The Morgan fingerprint density at radius 3 is 2.76 bits per heavy atom. The van der Waals surface area contributed by atoms with Crippen LogP contribution in [0.5, 0.6) is 0 Å². The molecule has 3 heterocycles. The Labute approximate surface area is 100 Å². The molecule has 4 rings (SSSR count). The molecular weight excluding hydrogens is 214 g/mol. The molecule has 1 aromatic rings. The molecule has 2 atom stereocenters. The molecule has 1 aliphatic carbocycles. The molecule has 2 bridgehead atoms. The van der Waals surface area contributed by atoms with Gasteiger partial charge >= 0.3 is 0 Å². The summed E-state index contributed by atoms with van der Waals surface area (Å²) < 4.78 is 1.93. The lowest BCUT2D eigenvalue weighted by molar-refractivity contribution is 0.449. The zero-order valence-electron chi connectivity index (χ0n) is 10.0. The van der Waals surface area contributed by atoms with Crippen molar-refractivity contribution in [3.63, 3.8) is 0 Å². The number of nitrogens with one attached hydrogen (secondary N) is 2. The van der Waals surface area contributed by atoms with Crippen molar-refractivity contribution in [2.45, 2.75) is 63.1 Å². The number of hydrogen-bond donors (Lipinski definition) is 2. The highest BCUT2D eigenvalue weighted by atomic mass is 16.1. The molecule has 1 aromatic heterocycles. The Bertz CT molecular complexity index is 495. The van der Waals surface area contributed by atoms with Gasteiger partial charge in [0.05, 0.1) is 11.6 Å². The summed E-state index contributed by atoms with van der Waals surface area (Å²) in [5.41, 5.74) is 2.52. The van der Waals surface area contributed by atoms with Gasteiger partial charge in [0.2, 0.25) is 0 Å². The van der Waals surface area contributed by atoms with E-state index < -0.39 is 0 Å². The van der Waals surface area contributed by atoms with Crippen LogP contribution in [0.3, 0.4) is 0 Å². The van der Waals surface area contributed by atoms with Crippen molar-refractivity contribution in [3.8, 4) is 0 Å². The molecule has 4 heteroatoms. The highest BCUT2D eigenvalue weighted by Crippen LogP contribution is 2.35. The van der Waals surface area contributed by atoms with Gasteiger partial charge in [0, 0.05) is 24.2 Å². The van der Waals surface area contributed by atoms with Crippen LogP contribution in [0.15, 0.2) is 4.79 Å². The van der Waals surface area contributed by atoms with Crippen molar-refractivity contribution < 1.29 is 0 Å². The van der Waals surface area contributed by atoms with Gasteiger partial charge in [-0.3, -0.25) is 9.89 Å². The molecule has 1 saturated carbocycles. The van der Waals surface area contributed by atoms with Crippen molar-refractivity contribution in [3.05, 3.63) is 21.6 Å². The minimum atomic E-state index is 0.254. The third-order valence-corrected chi connectivity index (χ3v) is 4.76. The van der Waals surface area contributed by atoms with Crippen LogP contribution in [0.2, 0.25) is 0 Å². The molecular formula is C13H19N3O. The van der Waals surface area contributed by atoms with Crippen LogP contribution in [0.25, 0.3) is 0 Å². The number of nitrogens with zero attached hydrogens (tertiary/aromatic N) is 1. The number of hydrogen-bond acceptors (Lipinski definition) is 2. The van der Waals surface area contributed by atoms with Crippen LogP contribution >= 0.6 is 0 Å². The van der Waals surface area contributed by atoms with Crippen molar-refractivity contribution in [1.82, 2.24) is 15.1 Å². The average molecular weight is 233 g/mol. The first-order chi connectivity index (χ1) is 8.33. The minimum absolute atomic E-state index is 0.254. The van der Waals surface area contributed by atoms with E-state index in [4.69, 9.17) is 0 Å². The van der Waals surface area contributed by atoms with Crippen LogP contribution in [-0.4, -0.2) is 15.8 Å². The lowest BCUT2D eigenvalue weighted by Gasteiger charge is -2.19. The van der Waals surface area contributed by atoms with Gasteiger partial charge in [0.1, 0.15) is 0 Å². The van der Waals surface area contributed by atoms with Gasteiger partial charge in [-0.25, -0.2) is 4.68 Å². The SMILES string of the molecule is O=c1c2c([nH]n1C1CCCC1)CC1CCC2N1. The van der Waals surface area contributed by atoms with Gasteiger partial charge in [0.15, 0.2) is 0 Å². The maximum absolute atomic E-state index is 12.5. The van der Waals surface area contributed by atoms with Crippen LogP contribution in [0.1, 0.15) is 61.9 Å². The van der Waals surface area contributed by atoms with Gasteiger partial charge in [-0.1, -0.05) is 12.8 Å². The summed E-state index contributed by atoms with van der Waals surface area (Å²) in [6.07, 6.45) is 8.24. The fraction of sp³-hybridized carbons (Fsp3) is 0.769. The van der Waals surface area contributed by atoms with E-state index in [1.807, 2.05) is 4.68 Å². The molecule has 4 nitrogen and oxygen atoms in total. The van der Waals surface area contributed by atoms with E-state index in [-0.39, 0.29) is 5.56 Å². The smallest absolute Gasteiger partial charge is 0.271 e. The monoisotopic (exact) mass is 233 g/mol.